The molecular formula is C13H23N3. The average Bonchev–Trinajstić information content (AvgIpc) is 2.59. The minimum Gasteiger partial charge on any atom is -0.382 e. The van der Waals surface area contributed by atoms with Crippen LogP contribution >= 0.6 is 0 Å². The number of hydrogen-bond acceptors (Lipinski definition) is 2. The minimum absolute atomic E-state index is 0.841. The van der Waals surface area contributed by atoms with E-state index in [9.17, 15) is 0 Å². The number of rotatable bonds is 3. The van der Waals surface area contributed by atoms with E-state index in [1.807, 2.05) is 17.9 Å². The van der Waals surface area contributed by atoms with Gasteiger partial charge in [0.05, 0.1) is 17.6 Å². The third-order valence-electron chi connectivity index (χ3n) is 4.08. The molecule has 2 unspecified atom stereocenters. The van der Waals surface area contributed by atoms with Crippen molar-refractivity contribution in [2.75, 3.05) is 11.9 Å². The van der Waals surface area contributed by atoms with Gasteiger partial charge in [-0.05, 0) is 25.2 Å². The molecule has 1 N–H and O–H groups in total. The topological polar surface area (TPSA) is 29.9 Å². The van der Waals surface area contributed by atoms with Gasteiger partial charge in [0.1, 0.15) is 0 Å². The second-order valence-corrected chi connectivity index (χ2v) is 5.17. The molecule has 1 saturated carbocycles. The molecule has 90 valence electrons. The summed E-state index contributed by atoms with van der Waals surface area (Å²) in [5, 5.41) is 7.80. The van der Waals surface area contributed by atoms with Gasteiger partial charge in [0, 0.05) is 13.6 Å². The number of hydrogen-bond donors (Lipinski definition) is 1. The maximum Gasteiger partial charge on any atom is 0.0756 e. The molecule has 0 amide bonds. The van der Waals surface area contributed by atoms with Gasteiger partial charge < -0.3 is 5.32 Å². The van der Waals surface area contributed by atoms with Crippen LogP contribution in [-0.2, 0) is 7.05 Å². The average molecular weight is 221 g/mol. The van der Waals surface area contributed by atoms with Crippen LogP contribution < -0.4 is 5.32 Å². The summed E-state index contributed by atoms with van der Waals surface area (Å²) in [6, 6.07) is 0. The lowest BCUT2D eigenvalue weighted by molar-refractivity contribution is 0.268. The largest absolute Gasteiger partial charge is 0.382 e. The Morgan fingerprint density at radius 2 is 2.19 bits per heavy atom. The molecule has 1 aromatic rings. The van der Waals surface area contributed by atoms with Crippen LogP contribution in [0.3, 0.4) is 0 Å². The highest BCUT2D eigenvalue weighted by molar-refractivity contribution is 5.45. The number of aromatic nitrogens is 2. The van der Waals surface area contributed by atoms with Gasteiger partial charge in [-0.3, -0.25) is 4.68 Å². The molecule has 16 heavy (non-hydrogen) atoms. The Morgan fingerprint density at radius 3 is 2.81 bits per heavy atom. The summed E-state index contributed by atoms with van der Waals surface area (Å²) in [6.45, 7) is 5.61. The Kier molecular flexibility index (Phi) is 3.52. The van der Waals surface area contributed by atoms with Gasteiger partial charge in [-0.15, -0.1) is 0 Å². The predicted molar refractivity (Wildman–Crippen MR) is 67.6 cm³/mol. The lowest BCUT2D eigenvalue weighted by Crippen LogP contribution is -2.24. The Bertz CT molecular complexity index is 343. The molecule has 1 heterocycles. The van der Waals surface area contributed by atoms with Gasteiger partial charge in [0.15, 0.2) is 0 Å². The van der Waals surface area contributed by atoms with Gasteiger partial charge in [0.25, 0.3) is 0 Å². The van der Waals surface area contributed by atoms with Crippen molar-refractivity contribution in [2.24, 2.45) is 18.9 Å². The maximum atomic E-state index is 4.25. The van der Waals surface area contributed by atoms with E-state index in [-0.39, 0.29) is 0 Å². The Labute approximate surface area is 98.2 Å². The lowest BCUT2D eigenvalue weighted by atomic mass is 9.80. The van der Waals surface area contributed by atoms with Crippen LogP contribution in [0.4, 0.5) is 5.69 Å². The normalized spacial score (nSPS) is 25.7. The molecule has 0 bridgehead atoms. The molecule has 3 nitrogen and oxygen atoms in total. The van der Waals surface area contributed by atoms with Gasteiger partial charge in [-0.2, -0.15) is 5.10 Å². The molecule has 3 heteroatoms. The van der Waals surface area contributed by atoms with Crippen molar-refractivity contribution in [3.05, 3.63) is 11.9 Å². The second-order valence-electron chi connectivity index (χ2n) is 5.17. The van der Waals surface area contributed by atoms with Crippen molar-refractivity contribution in [2.45, 2.75) is 39.5 Å². The molecule has 1 aliphatic rings. The van der Waals surface area contributed by atoms with E-state index in [4.69, 9.17) is 0 Å². The first-order valence-corrected chi connectivity index (χ1v) is 6.41. The molecule has 0 saturated heterocycles. The Morgan fingerprint density at radius 1 is 1.44 bits per heavy atom. The van der Waals surface area contributed by atoms with Crippen LogP contribution in [0.15, 0.2) is 6.20 Å². The Balaban J connectivity index is 1.89. The van der Waals surface area contributed by atoms with Crippen molar-refractivity contribution in [3.8, 4) is 0 Å². The number of anilines is 1. The van der Waals surface area contributed by atoms with Crippen molar-refractivity contribution >= 4 is 5.69 Å². The molecule has 0 spiro atoms. The van der Waals surface area contributed by atoms with Crippen LogP contribution in [0.1, 0.15) is 38.3 Å². The molecule has 1 aliphatic carbocycles. The maximum absolute atomic E-state index is 4.25. The zero-order valence-corrected chi connectivity index (χ0v) is 10.7. The molecule has 2 atom stereocenters. The summed E-state index contributed by atoms with van der Waals surface area (Å²) in [5.74, 6) is 1.71. The highest BCUT2D eigenvalue weighted by Gasteiger charge is 2.21. The number of nitrogens with one attached hydrogen (secondary N) is 1. The second kappa shape index (κ2) is 4.89. The first-order chi connectivity index (χ1) is 7.68. The third-order valence-corrected chi connectivity index (χ3v) is 4.08. The summed E-state index contributed by atoms with van der Waals surface area (Å²) in [4.78, 5) is 0. The van der Waals surface area contributed by atoms with Crippen LogP contribution in [0, 0.1) is 18.8 Å². The fourth-order valence-electron chi connectivity index (χ4n) is 2.61. The van der Waals surface area contributed by atoms with E-state index < -0.39 is 0 Å². The Hall–Kier alpha value is -0.990. The van der Waals surface area contributed by atoms with Crippen molar-refractivity contribution in [3.63, 3.8) is 0 Å². The first-order valence-electron chi connectivity index (χ1n) is 6.41. The zero-order chi connectivity index (χ0) is 11.5. The summed E-state index contributed by atoms with van der Waals surface area (Å²) in [7, 11) is 1.99. The van der Waals surface area contributed by atoms with E-state index >= 15 is 0 Å². The fraction of sp³-hybridized carbons (Fsp3) is 0.769. The van der Waals surface area contributed by atoms with Gasteiger partial charge in [0.2, 0.25) is 0 Å². The summed E-state index contributed by atoms with van der Waals surface area (Å²) >= 11 is 0. The molecule has 1 aromatic heterocycles. The molecule has 1 fully saturated rings. The standard InChI is InChI=1S/C13H23N3/c1-10-6-4-5-7-12(10)8-14-13-9-15-16(3)11(13)2/h9-10,12,14H,4-8H2,1-3H3. The van der Waals surface area contributed by atoms with E-state index in [0.717, 1.165) is 18.4 Å². The van der Waals surface area contributed by atoms with Crippen molar-refractivity contribution in [1.29, 1.82) is 0 Å². The summed E-state index contributed by atoms with van der Waals surface area (Å²) in [6.07, 6.45) is 7.54. The van der Waals surface area contributed by atoms with Crippen LogP contribution in [0.2, 0.25) is 0 Å². The molecular weight excluding hydrogens is 198 g/mol. The molecule has 0 aliphatic heterocycles. The molecule has 0 aromatic carbocycles. The van der Waals surface area contributed by atoms with E-state index in [2.05, 4.69) is 24.3 Å². The fourth-order valence-corrected chi connectivity index (χ4v) is 2.61. The predicted octanol–water partition coefficient (Wildman–Crippen LogP) is 2.97. The number of nitrogens with zero attached hydrogens (tertiary/aromatic N) is 2. The highest BCUT2D eigenvalue weighted by Crippen LogP contribution is 2.29. The summed E-state index contributed by atoms with van der Waals surface area (Å²) in [5.41, 5.74) is 2.42. The van der Waals surface area contributed by atoms with E-state index in [0.29, 0.717) is 0 Å². The van der Waals surface area contributed by atoms with Gasteiger partial charge in [-0.1, -0.05) is 26.2 Å². The third kappa shape index (κ3) is 2.39. The number of aryl methyl sites for hydroxylation is 1. The van der Waals surface area contributed by atoms with Gasteiger partial charge in [-0.25, -0.2) is 0 Å². The van der Waals surface area contributed by atoms with Crippen molar-refractivity contribution < 1.29 is 0 Å². The zero-order valence-electron chi connectivity index (χ0n) is 10.7. The van der Waals surface area contributed by atoms with Crippen LogP contribution in [0.5, 0.6) is 0 Å². The SMILES string of the molecule is Cc1c(NCC2CCCCC2C)cnn1C. The highest BCUT2D eigenvalue weighted by atomic mass is 15.3. The summed E-state index contributed by atoms with van der Waals surface area (Å²) < 4.78 is 1.92. The lowest BCUT2D eigenvalue weighted by Gasteiger charge is -2.29. The van der Waals surface area contributed by atoms with E-state index in [1.54, 1.807) is 0 Å². The molecule has 0 radical (unpaired) electrons. The monoisotopic (exact) mass is 221 g/mol. The van der Waals surface area contributed by atoms with Crippen LogP contribution in [-0.4, -0.2) is 16.3 Å². The van der Waals surface area contributed by atoms with Crippen molar-refractivity contribution in [1.82, 2.24) is 9.78 Å². The quantitative estimate of drug-likeness (QED) is 0.850. The van der Waals surface area contributed by atoms with Crippen LogP contribution in [0.25, 0.3) is 0 Å². The van der Waals surface area contributed by atoms with Gasteiger partial charge >= 0.3 is 0 Å². The smallest absolute Gasteiger partial charge is 0.0756 e. The molecule has 2 rings (SSSR count). The minimum atomic E-state index is 0.841. The first kappa shape index (κ1) is 11.5. The van der Waals surface area contributed by atoms with E-state index in [1.165, 1.54) is 37.1 Å².